The fourth-order valence-corrected chi connectivity index (χ4v) is 2.37. The number of nitrogens with zero attached hydrogens (tertiary/aromatic N) is 1. The predicted molar refractivity (Wildman–Crippen MR) is 66.1 cm³/mol. The molecule has 2 N–H and O–H groups in total. The third-order valence-corrected chi connectivity index (χ3v) is 3.52. The van der Waals surface area contributed by atoms with Crippen molar-refractivity contribution in [3.05, 3.63) is 0 Å². The van der Waals surface area contributed by atoms with Crippen molar-refractivity contribution >= 4 is 5.96 Å². The molecule has 0 saturated heterocycles. The Morgan fingerprint density at radius 1 is 1.20 bits per heavy atom. The van der Waals surface area contributed by atoms with E-state index in [1.807, 2.05) is 14.1 Å². The summed E-state index contributed by atoms with van der Waals surface area (Å²) in [4.78, 5) is 4.15. The van der Waals surface area contributed by atoms with Crippen molar-refractivity contribution in [2.75, 3.05) is 14.1 Å². The second-order valence-electron chi connectivity index (χ2n) is 4.82. The quantitative estimate of drug-likeness (QED) is 0.541. The van der Waals surface area contributed by atoms with Gasteiger partial charge in [0.2, 0.25) is 0 Å². The van der Waals surface area contributed by atoms with Crippen molar-refractivity contribution in [1.29, 1.82) is 0 Å². The molecular weight excluding hydrogens is 186 g/mol. The van der Waals surface area contributed by atoms with Gasteiger partial charge in [0.05, 0.1) is 0 Å². The molecule has 1 saturated carbocycles. The molecule has 0 heterocycles. The molecule has 15 heavy (non-hydrogen) atoms. The molecule has 1 rings (SSSR count). The summed E-state index contributed by atoms with van der Waals surface area (Å²) in [5, 5.41) is 6.53. The highest BCUT2D eigenvalue weighted by atomic mass is 15.2. The van der Waals surface area contributed by atoms with Crippen LogP contribution in [0.25, 0.3) is 0 Å². The minimum Gasteiger partial charge on any atom is -0.359 e. The molecule has 0 radical (unpaired) electrons. The summed E-state index contributed by atoms with van der Waals surface area (Å²) in [6, 6.07) is 0.617. The molecule has 0 aromatic heterocycles. The Labute approximate surface area is 93.7 Å². The molecule has 0 amide bonds. The van der Waals surface area contributed by atoms with Crippen LogP contribution >= 0.6 is 0 Å². The first-order valence-electron chi connectivity index (χ1n) is 6.08. The van der Waals surface area contributed by atoms with Gasteiger partial charge in [-0.3, -0.25) is 4.99 Å². The van der Waals surface area contributed by atoms with Gasteiger partial charge in [0, 0.05) is 20.1 Å². The minimum atomic E-state index is 0.617. The molecule has 0 atom stereocenters. The Balaban J connectivity index is 2.31. The van der Waals surface area contributed by atoms with E-state index in [0.29, 0.717) is 6.04 Å². The van der Waals surface area contributed by atoms with Crippen LogP contribution in [0.15, 0.2) is 4.99 Å². The zero-order valence-electron chi connectivity index (χ0n) is 10.5. The average Bonchev–Trinajstić information content (AvgIpc) is 2.26. The molecule has 0 spiro atoms. The summed E-state index contributed by atoms with van der Waals surface area (Å²) >= 11 is 0. The first-order valence-corrected chi connectivity index (χ1v) is 6.08. The van der Waals surface area contributed by atoms with Crippen molar-refractivity contribution in [2.45, 2.75) is 45.6 Å². The van der Waals surface area contributed by atoms with Gasteiger partial charge in [-0.25, -0.2) is 0 Å². The van der Waals surface area contributed by atoms with Crippen LogP contribution in [0.5, 0.6) is 0 Å². The molecule has 1 aliphatic carbocycles. The lowest BCUT2D eigenvalue weighted by molar-refractivity contribution is 0.250. The van der Waals surface area contributed by atoms with E-state index in [1.165, 1.54) is 25.7 Å². The van der Waals surface area contributed by atoms with Crippen molar-refractivity contribution in [3.8, 4) is 0 Å². The van der Waals surface area contributed by atoms with Crippen LogP contribution < -0.4 is 10.6 Å². The maximum absolute atomic E-state index is 4.15. The Morgan fingerprint density at radius 3 is 2.20 bits per heavy atom. The van der Waals surface area contributed by atoms with Gasteiger partial charge in [-0.05, 0) is 37.5 Å². The lowest BCUT2D eigenvalue weighted by Gasteiger charge is -2.31. The topological polar surface area (TPSA) is 36.4 Å². The lowest BCUT2D eigenvalue weighted by Crippen LogP contribution is -2.43. The van der Waals surface area contributed by atoms with E-state index in [0.717, 1.165) is 17.8 Å². The maximum Gasteiger partial charge on any atom is 0.190 e. The molecule has 1 aliphatic rings. The van der Waals surface area contributed by atoms with Gasteiger partial charge in [-0.2, -0.15) is 0 Å². The van der Waals surface area contributed by atoms with E-state index < -0.39 is 0 Å². The van der Waals surface area contributed by atoms with Crippen LogP contribution in [-0.4, -0.2) is 26.1 Å². The van der Waals surface area contributed by atoms with E-state index in [1.54, 1.807) is 0 Å². The minimum absolute atomic E-state index is 0.617. The molecule has 0 unspecified atom stereocenters. The monoisotopic (exact) mass is 211 g/mol. The number of hydrogen-bond donors (Lipinski definition) is 2. The van der Waals surface area contributed by atoms with Crippen molar-refractivity contribution in [1.82, 2.24) is 10.6 Å². The number of nitrogens with one attached hydrogen (secondary N) is 2. The first kappa shape index (κ1) is 12.3. The predicted octanol–water partition coefficient (Wildman–Crippen LogP) is 2.00. The van der Waals surface area contributed by atoms with Crippen molar-refractivity contribution in [3.63, 3.8) is 0 Å². The Morgan fingerprint density at radius 2 is 1.80 bits per heavy atom. The van der Waals surface area contributed by atoms with Crippen LogP contribution in [0.3, 0.4) is 0 Å². The zero-order valence-corrected chi connectivity index (χ0v) is 10.5. The highest BCUT2D eigenvalue weighted by molar-refractivity contribution is 5.79. The van der Waals surface area contributed by atoms with Gasteiger partial charge >= 0.3 is 0 Å². The van der Waals surface area contributed by atoms with Gasteiger partial charge in [-0.1, -0.05) is 13.8 Å². The summed E-state index contributed by atoms with van der Waals surface area (Å²) < 4.78 is 0. The lowest BCUT2D eigenvalue weighted by atomic mass is 9.80. The number of aliphatic imine (C=N–C) groups is 1. The molecule has 0 aromatic carbocycles. The summed E-state index contributed by atoms with van der Waals surface area (Å²) in [5.41, 5.74) is 0. The van der Waals surface area contributed by atoms with E-state index in [4.69, 9.17) is 0 Å². The van der Waals surface area contributed by atoms with E-state index in [9.17, 15) is 0 Å². The molecule has 0 aromatic rings. The second-order valence-corrected chi connectivity index (χ2v) is 4.82. The molecular formula is C12H25N3. The van der Waals surface area contributed by atoms with Crippen LogP contribution in [0.2, 0.25) is 0 Å². The summed E-state index contributed by atoms with van der Waals surface area (Å²) in [7, 11) is 3.73. The maximum atomic E-state index is 4.15. The fraction of sp³-hybridized carbons (Fsp3) is 0.917. The van der Waals surface area contributed by atoms with Gasteiger partial charge < -0.3 is 10.6 Å². The Kier molecular flexibility index (Phi) is 4.92. The summed E-state index contributed by atoms with van der Waals surface area (Å²) in [6.45, 7) is 4.68. The van der Waals surface area contributed by atoms with Gasteiger partial charge in [-0.15, -0.1) is 0 Å². The molecule has 3 heteroatoms. The smallest absolute Gasteiger partial charge is 0.190 e. The van der Waals surface area contributed by atoms with E-state index in [-0.39, 0.29) is 0 Å². The van der Waals surface area contributed by atoms with E-state index >= 15 is 0 Å². The van der Waals surface area contributed by atoms with Gasteiger partial charge in [0.15, 0.2) is 5.96 Å². The fourth-order valence-electron chi connectivity index (χ4n) is 2.37. The van der Waals surface area contributed by atoms with Gasteiger partial charge in [0.25, 0.3) is 0 Å². The molecule has 0 aliphatic heterocycles. The number of guanidine groups is 1. The Bertz CT molecular complexity index is 203. The highest BCUT2D eigenvalue weighted by Gasteiger charge is 2.23. The van der Waals surface area contributed by atoms with Crippen LogP contribution in [0.4, 0.5) is 0 Å². The number of rotatable bonds is 2. The van der Waals surface area contributed by atoms with Crippen LogP contribution in [0.1, 0.15) is 39.5 Å². The second kappa shape index (κ2) is 5.99. The molecule has 0 bridgehead atoms. The summed E-state index contributed by atoms with van der Waals surface area (Å²) in [5.74, 6) is 2.69. The van der Waals surface area contributed by atoms with Crippen molar-refractivity contribution in [2.24, 2.45) is 16.8 Å². The molecule has 88 valence electrons. The zero-order chi connectivity index (χ0) is 11.3. The van der Waals surface area contributed by atoms with Crippen molar-refractivity contribution < 1.29 is 0 Å². The number of hydrogen-bond acceptors (Lipinski definition) is 1. The van der Waals surface area contributed by atoms with Crippen LogP contribution in [-0.2, 0) is 0 Å². The highest BCUT2D eigenvalue weighted by Crippen LogP contribution is 2.29. The molecule has 1 fully saturated rings. The van der Waals surface area contributed by atoms with Crippen LogP contribution in [0, 0.1) is 11.8 Å². The van der Waals surface area contributed by atoms with E-state index in [2.05, 4.69) is 29.5 Å². The Hall–Kier alpha value is -0.730. The van der Waals surface area contributed by atoms with Gasteiger partial charge in [0.1, 0.15) is 0 Å². The summed E-state index contributed by atoms with van der Waals surface area (Å²) in [6.07, 6.45) is 5.28. The normalized spacial score (nSPS) is 27.9. The SMILES string of the molecule is CN=C(NC)NC1CCC(C(C)C)CC1. The third-order valence-electron chi connectivity index (χ3n) is 3.52. The first-order chi connectivity index (χ1) is 7.17. The average molecular weight is 211 g/mol. The standard InChI is InChI=1S/C12H25N3/c1-9(2)10-5-7-11(8-6-10)15-12(13-3)14-4/h9-11H,5-8H2,1-4H3,(H2,13,14,15). The molecule has 3 nitrogen and oxygen atoms in total. The largest absolute Gasteiger partial charge is 0.359 e. The third kappa shape index (κ3) is 3.73.